The van der Waals surface area contributed by atoms with Crippen molar-refractivity contribution in [1.29, 1.82) is 0 Å². The normalized spacial score (nSPS) is 10.4. The Balaban J connectivity index is 1.69. The molecule has 0 radical (unpaired) electrons. The topological polar surface area (TPSA) is 66.9 Å². The van der Waals surface area contributed by atoms with E-state index in [9.17, 15) is 9.18 Å². The number of carbonyl (C=O) groups excluding carboxylic acids is 1. The molecule has 0 bridgehead atoms. The molecule has 1 aromatic heterocycles. The molecule has 0 saturated heterocycles. The smallest absolute Gasteiger partial charge is 0.270 e. The SMILES string of the molecule is O=C(NCc1ccccc1F)c1cc(Nc2ccc(Cl)c(Cl)c2)ncn1. The molecule has 0 atom stereocenters. The lowest BCUT2D eigenvalue weighted by molar-refractivity contribution is 0.0945. The zero-order valence-electron chi connectivity index (χ0n) is 13.3. The van der Waals surface area contributed by atoms with Gasteiger partial charge < -0.3 is 10.6 Å². The van der Waals surface area contributed by atoms with E-state index in [-0.39, 0.29) is 18.1 Å². The molecule has 132 valence electrons. The average Bonchev–Trinajstić information content (AvgIpc) is 2.64. The van der Waals surface area contributed by atoms with Crippen molar-refractivity contribution in [3.05, 3.63) is 82.0 Å². The molecular formula is C18H13Cl2FN4O. The molecule has 0 aliphatic carbocycles. The Morgan fingerprint density at radius 2 is 1.85 bits per heavy atom. The van der Waals surface area contributed by atoms with Crippen LogP contribution in [-0.2, 0) is 6.54 Å². The number of hydrogen-bond acceptors (Lipinski definition) is 4. The van der Waals surface area contributed by atoms with E-state index >= 15 is 0 Å². The number of hydrogen-bond donors (Lipinski definition) is 2. The number of benzene rings is 2. The monoisotopic (exact) mass is 390 g/mol. The number of rotatable bonds is 5. The van der Waals surface area contributed by atoms with Crippen molar-refractivity contribution < 1.29 is 9.18 Å². The van der Waals surface area contributed by atoms with Crippen molar-refractivity contribution in [1.82, 2.24) is 15.3 Å². The number of aromatic nitrogens is 2. The number of carbonyl (C=O) groups is 1. The maximum Gasteiger partial charge on any atom is 0.270 e. The number of nitrogens with one attached hydrogen (secondary N) is 2. The van der Waals surface area contributed by atoms with Crippen LogP contribution in [0.15, 0.2) is 54.9 Å². The summed E-state index contributed by atoms with van der Waals surface area (Å²) in [5, 5.41) is 6.48. The minimum Gasteiger partial charge on any atom is -0.347 e. The minimum atomic E-state index is -0.437. The zero-order valence-corrected chi connectivity index (χ0v) is 14.9. The van der Waals surface area contributed by atoms with Crippen molar-refractivity contribution in [3.63, 3.8) is 0 Å². The fraction of sp³-hybridized carbons (Fsp3) is 0.0556. The largest absolute Gasteiger partial charge is 0.347 e. The highest BCUT2D eigenvalue weighted by atomic mass is 35.5. The van der Waals surface area contributed by atoms with E-state index in [1.807, 2.05) is 0 Å². The maximum absolute atomic E-state index is 13.6. The fourth-order valence-corrected chi connectivity index (χ4v) is 2.48. The second-order valence-corrected chi connectivity index (χ2v) is 6.13. The molecule has 1 amide bonds. The van der Waals surface area contributed by atoms with E-state index in [1.54, 1.807) is 36.4 Å². The van der Waals surface area contributed by atoms with Crippen LogP contribution in [0.3, 0.4) is 0 Å². The van der Waals surface area contributed by atoms with Gasteiger partial charge in [0.1, 0.15) is 23.7 Å². The van der Waals surface area contributed by atoms with Crippen LogP contribution in [0.25, 0.3) is 0 Å². The Kier molecular flexibility index (Phi) is 5.65. The Morgan fingerprint density at radius 3 is 2.62 bits per heavy atom. The molecule has 2 N–H and O–H groups in total. The lowest BCUT2D eigenvalue weighted by Gasteiger charge is -2.09. The molecular weight excluding hydrogens is 378 g/mol. The van der Waals surface area contributed by atoms with Crippen LogP contribution in [0, 0.1) is 5.82 Å². The molecule has 0 saturated carbocycles. The molecule has 0 unspecified atom stereocenters. The predicted molar refractivity (Wildman–Crippen MR) is 99.3 cm³/mol. The number of halogens is 3. The predicted octanol–water partition coefficient (Wildman–Crippen LogP) is 4.60. The van der Waals surface area contributed by atoms with Crippen LogP contribution in [0.5, 0.6) is 0 Å². The first-order valence-corrected chi connectivity index (χ1v) is 8.34. The number of nitrogens with zero attached hydrogens (tertiary/aromatic N) is 2. The van der Waals surface area contributed by atoms with E-state index < -0.39 is 5.91 Å². The first-order chi connectivity index (χ1) is 12.5. The zero-order chi connectivity index (χ0) is 18.5. The third kappa shape index (κ3) is 4.47. The van der Waals surface area contributed by atoms with E-state index in [2.05, 4.69) is 20.6 Å². The second kappa shape index (κ2) is 8.12. The molecule has 3 aromatic rings. The van der Waals surface area contributed by atoms with Crippen LogP contribution >= 0.6 is 23.2 Å². The Labute approximate surface area is 159 Å². The van der Waals surface area contributed by atoms with E-state index in [1.165, 1.54) is 18.5 Å². The average molecular weight is 391 g/mol. The van der Waals surface area contributed by atoms with E-state index in [4.69, 9.17) is 23.2 Å². The third-order valence-electron chi connectivity index (χ3n) is 3.49. The quantitative estimate of drug-likeness (QED) is 0.668. The fourth-order valence-electron chi connectivity index (χ4n) is 2.18. The standard InChI is InChI=1S/C18H13Cl2FN4O/c19-13-6-5-12(7-14(13)20)25-17-8-16(23-10-24-17)18(26)22-9-11-3-1-2-4-15(11)21/h1-8,10H,9H2,(H,22,26)(H,23,24,25). The summed E-state index contributed by atoms with van der Waals surface area (Å²) in [5.74, 6) is -0.403. The van der Waals surface area contributed by atoms with Gasteiger partial charge in [-0.25, -0.2) is 14.4 Å². The van der Waals surface area contributed by atoms with E-state index in [0.717, 1.165) is 0 Å². The Hall–Kier alpha value is -2.70. The summed E-state index contributed by atoms with van der Waals surface area (Å²) in [7, 11) is 0. The number of amides is 1. The maximum atomic E-state index is 13.6. The summed E-state index contributed by atoms with van der Waals surface area (Å²) in [6.45, 7) is 0.0606. The van der Waals surface area contributed by atoms with Crippen molar-refractivity contribution in [2.24, 2.45) is 0 Å². The van der Waals surface area contributed by atoms with Crippen LogP contribution in [0.2, 0.25) is 10.0 Å². The molecule has 5 nitrogen and oxygen atoms in total. The highest BCUT2D eigenvalue weighted by Crippen LogP contribution is 2.26. The molecule has 8 heteroatoms. The Bertz CT molecular complexity index is 952. The lowest BCUT2D eigenvalue weighted by atomic mass is 10.2. The van der Waals surface area contributed by atoms with Crippen molar-refractivity contribution >= 4 is 40.6 Å². The minimum absolute atomic E-state index is 0.0606. The molecule has 0 spiro atoms. The van der Waals surface area contributed by atoms with Crippen molar-refractivity contribution in [2.45, 2.75) is 6.54 Å². The summed E-state index contributed by atoms with van der Waals surface area (Å²) in [6.07, 6.45) is 1.26. The first-order valence-electron chi connectivity index (χ1n) is 7.58. The van der Waals surface area contributed by atoms with Gasteiger partial charge in [-0.15, -0.1) is 0 Å². The summed E-state index contributed by atoms with van der Waals surface area (Å²) in [4.78, 5) is 20.2. The highest BCUT2D eigenvalue weighted by Gasteiger charge is 2.10. The molecule has 3 rings (SSSR count). The number of anilines is 2. The van der Waals surface area contributed by atoms with Gasteiger partial charge >= 0.3 is 0 Å². The first kappa shape index (κ1) is 18.1. The van der Waals surface area contributed by atoms with Crippen LogP contribution in [-0.4, -0.2) is 15.9 Å². The van der Waals surface area contributed by atoms with Gasteiger partial charge in [0.05, 0.1) is 10.0 Å². The van der Waals surface area contributed by atoms with Crippen molar-refractivity contribution in [2.75, 3.05) is 5.32 Å². The third-order valence-corrected chi connectivity index (χ3v) is 4.23. The molecule has 26 heavy (non-hydrogen) atoms. The molecule has 0 aliphatic rings. The molecule has 0 fully saturated rings. The summed E-state index contributed by atoms with van der Waals surface area (Å²) in [5.41, 5.74) is 1.21. The van der Waals surface area contributed by atoms with Gasteiger partial charge in [-0.2, -0.15) is 0 Å². The van der Waals surface area contributed by atoms with Gasteiger partial charge in [0, 0.05) is 23.9 Å². The Morgan fingerprint density at radius 1 is 1.04 bits per heavy atom. The van der Waals surface area contributed by atoms with Crippen LogP contribution in [0.4, 0.5) is 15.9 Å². The van der Waals surface area contributed by atoms with E-state index in [0.29, 0.717) is 27.1 Å². The van der Waals surface area contributed by atoms with Gasteiger partial charge in [-0.1, -0.05) is 41.4 Å². The van der Waals surface area contributed by atoms with Gasteiger partial charge in [0.2, 0.25) is 0 Å². The van der Waals surface area contributed by atoms with Gasteiger partial charge in [0.15, 0.2) is 0 Å². The highest BCUT2D eigenvalue weighted by molar-refractivity contribution is 6.42. The second-order valence-electron chi connectivity index (χ2n) is 5.32. The summed E-state index contributed by atoms with van der Waals surface area (Å²) < 4.78 is 13.6. The molecule has 1 heterocycles. The van der Waals surface area contributed by atoms with Gasteiger partial charge in [-0.3, -0.25) is 4.79 Å². The van der Waals surface area contributed by atoms with Crippen LogP contribution < -0.4 is 10.6 Å². The molecule has 2 aromatic carbocycles. The van der Waals surface area contributed by atoms with Crippen molar-refractivity contribution in [3.8, 4) is 0 Å². The molecule has 0 aliphatic heterocycles. The van der Waals surface area contributed by atoms with Gasteiger partial charge in [-0.05, 0) is 24.3 Å². The lowest BCUT2D eigenvalue weighted by Crippen LogP contribution is -2.24. The van der Waals surface area contributed by atoms with Gasteiger partial charge in [0.25, 0.3) is 5.91 Å². The summed E-state index contributed by atoms with van der Waals surface area (Å²) in [6, 6.07) is 12.7. The summed E-state index contributed by atoms with van der Waals surface area (Å²) >= 11 is 11.9. The van der Waals surface area contributed by atoms with Crippen LogP contribution in [0.1, 0.15) is 16.1 Å².